The SMILES string of the molecule is COc1ccc(-c2cnn(C)c2)cc1Nc1nc(Nc2ccc3nccnc3c2N(C)C)c2cc[nH]c2n1. The van der Waals surface area contributed by atoms with E-state index in [4.69, 9.17) is 14.7 Å². The van der Waals surface area contributed by atoms with Gasteiger partial charge in [-0.25, -0.2) is 0 Å². The molecular weight excluding hydrogens is 480 g/mol. The van der Waals surface area contributed by atoms with E-state index < -0.39 is 0 Å². The summed E-state index contributed by atoms with van der Waals surface area (Å²) in [5.41, 5.74) is 6.81. The second-order valence-corrected chi connectivity index (χ2v) is 8.98. The highest BCUT2D eigenvalue weighted by atomic mass is 16.5. The minimum Gasteiger partial charge on any atom is -0.495 e. The molecule has 2 aromatic carbocycles. The molecule has 11 heteroatoms. The van der Waals surface area contributed by atoms with E-state index in [9.17, 15) is 0 Å². The molecule has 0 radical (unpaired) electrons. The third-order valence-corrected chi connectivity index (χ3v) is 6.21. The number of ether oxygens (including phenoxy) is 1. The summed E-state index contributed by atoms with van der Waals surface area (Å²) in [6, 6.07) is 11.8. The molecule has 3 N–H and O–H groups in total. The third kappa shape index (κ3) is 4.19. The third-order valence-electron chi connectivity index (χ3n) is 6.21. The van der Waals surface area contributed by atoms with Crippen molar-refractivity contribution in [3.05, 3.63) is 67.4 Å². The van der Waals surface area contributed by atoms with Crippen molar-refractivity contribution in [2.45, 2.75) is 0 Å². The van der Waals surface area contributed by atoms with Crippen LogP contribution in [0, 0.1) is 0 Å². The zero-order valence-corrected chi connectivity index (χ0v) is 21.4. The van der Waals surface area contributed by atoms with Crippen molar-refractivity contribution in [2.24, 2.45) is 7.05 Å². The maximum absolute atomic E-state index is 5.61. The maximum atomic E-state index is 5.61. The lowest BCUT2D eigenvalue weighted by Gasteiger charge is -2.20. The van der Waals surface area contributed by atoms with Crippen LogP contribution in [-0.2, 0) is 7.05 Å². The van der Waals surface area contributed by atoms with Crippen LogP contribution in [0.25, 0.3) is 33.2 Å². The Kier molecular flexibility index (Phi) is 5.72. The average Bonchev–Trinajstić information content (AvgIpc) is 3.57. The molecule has 0 bridgehead atoms. The number of fused-ring (bicyclic) bond motifs is 2. The van der Waals surface area contributed by atoms with Gasteiger partial charge in [-0.3, -0.25) is 14.6 Å². The number of benzene rings is 2. The van der Waals surface area contributed by atoms with E-state index in [0.717, 1.165) is 44.6 Å². The van der Waals surface area contributed by atoms with Crippen molar-refractivity contribution in [3.63, 3.8) is 0 Å². The van der Waals surface area contributed by atoms with Gasteiger partial charge in [-0.15, -0.1) is 0 Å². The molecule has 190 valence electrons. The van der Waals surface area contributed by atoms with E-state index in [2.05, 4.69) is 30.7 Å². The molecule has 0 aliphatic rings. The van der Waals surface area contributed by atoms with Gasteiger partial charge in [0.25, 0.3) is 0 Å². The molecule has 0 amide bonds. The van der Waals surface area contributed by atoms with Gasteiger partial charge in [0.15, 0.2) is 0 Å². The summed E-state index contributed by atoms with van der Waals surface area (Å²) in [6.45, 7) is 0. The van der Waals surface area contributed by atoms with Crippen LogP contribution < -0.4 is 20.3 Å². The van der Waals surface area contributed by atoms with Crippen molar-refractivity contribution < 1.29 is 4.74 Å². The number of hydrogen-bond donors (Lipinski definition) is 3. The molecule has 0 aliphatic heterocycles. The first-order chi connectivity index (χ1) is 18.5. The zero-order valence-electron chi connectivity index (χ0n) is 21.4. The Bertz CT molecular complexity index is 1770. The molecular formula is C27H26N10O. The van der Waals surface area contributed by atoms with Crippen LogP contribution >= 0.6 is 0 Å². The van der Waals surface area contributed by atoms with Crippen LogP contribution in [0.4, 0.5) is 28.8 Å². The molecule has 0 atom stereocenters. The smallest absolute Gasteiger partial charge is 0.231 e. The van der Waals surface area contributed by atoms with E-state index in [1.54, 1.807) is 24.2 Å². The molecule has 0 saturated carbocycles. The van der Waals surface area contributed by atoms with Gasteiger partial charge in [0.1, 0.15) is 22.7 Å². The monoisotopic (exact) mass is 506 g/mol. The predicted octanol–water partition coefficient (Wildman–Crippen LogP) is 4.86. The van der Waals surface area contributed by atoms with Crippen LogP contribution in [0.5, 0.6) is 5.75 Å². The van der Waals surface area contributed by atoms with Gasteiger partial charge in [0.2, 0.25) is 5.95 Å². The molecule has 0 aliphatic carbocycles. The van der Waals surface area contributed by atoms with Gasteiger partial charge >= 0.3 is 0 Å². The number of aryl methyl sites for hydroxylation is 1. The lowest BCUT2D eigenvalue weighted by Crippen LogP contribution is -2.13. The van der Waals surface area contributed by atoms with Gasteiger partial charge in [0, 0.05) is 51.5 Å². The second-order valence-electron chi connectivity index (χ2n) is 8.98. The maximum Gasteiger partial charge on any atom is 0.231 e. The molecule has 0 spiro atoms. The Hall–Kier alpha value is -5.19. The number of aromatic amines is 1. The number of nitrogens with zero attached hydrogens (tertiary/aromatic N) is 7. The number of hydrogen-bond acceptors (Lipinski definition) is 9. The second kappa shape index (κ2) is 9.36. The highest BCUT2D eigenvalue weighted by Crippen LogP contribution is 2.36. The van der Waals surface area contributed by atoms with E-state index in [1.165, 1.54) is 0 Å². The molecule has 6 rings (SSSR count). The predicted molar refractivity (Wildman–Crippen MR) is 150 cm³/mol. The number of rotatable bonds is 7. The number of aromatic nitrogens is 7. The summed E-state index contributed by atoms with van der Waals surface area (Å²) in [7, 11) is 7.49. The summed E-state index contributed by atoms with van der Waals surface area (Å²) in [5, 5.41) is 12.0. The van der Waals surface area contributed by atoms with Crippen molar-refractivity contribution in [2.75, 3.05) is 36.7 Å². The van der Waals surface area contributed by atoms with E-state index in [1.807, 2.05) is 81.0 Å². The fourth-order valence-corrected chi connectivity index (χ4v) is 4.47. The molecule has 4 heterocycles. The van der Waals surface area contributed by atoms with E-state index >= 15 is 0 Å². The Labute approximate surface area is 218 Å². The first-order valence-corrected chi connectivity index (χ1v) is 12.0. The topological polar surface area (TPSA) is 122 Å². The van der Waals surface area contributed by atoms with Gasteiger partial charge in [-0.1, -0.05) is 6.07 Å². The number of anilines is 5. The Morgan fingerprint density at radius 1 is 0.947 bits per heavy atom. The standard InChI is InChI=1S/C27H26N10O/c1-36(2)24-20(7-6-19-23(24)29-12-11-28-19)32-26-18-9-10-30-25(18)34-27(35-26)33-21-13-16(5-8-22(21)38-4)17-14-31-37(3)15-17/h5-15H,1-4H3,(H3,30,32,33,34,35). The number of H-pyrrole nitrogens is 1. The van der Waals surface area contributed by atoms with Gasteiger partial charge < -0.3 is 25.3 Å². The summed E-state index contributed by atoms with van der Waals surface area (Å²) in [5.74, 6) is 1.73. The first kappa shape index (κ1) is 23.2. The largest absolute Gasteiger partial charge is 0.495 e. The van der Waals surface area contributed by atoms with Crippen molar-refractivity contribution in [3.8, 4) is 16.9 Å². The molecule has 38 heavy (non-hydrogen) atoms. The molecule has 0 saturated heterocycles. The van der Waals surface area contributed by atoms with Gasteiger partial charge in [-0.05, 0) is 35.9 Å². The van der Waals surface area contributed by atoms with E-state index in [0.29, 0.717) is 23.2 Å². The summed E-state index contributed by atoms with van der Waals surface area (Å²) < 4.78 is 7.39. The summed E-state index contributed by atoms with van der Waals surface area (Å²) >= 11 is 0. The zero-order chi connectivity index (χ0) is 26.2. The quantitative estimate of drug-likeness (QED) is 0.278. The highest BCUT2D eigenvalue weighted by Gasteiger charge is 2.16. The summed E-state index contributed by atoms with van der Waals surface area (Å²) in [4.78, 5) is 23.8. The lowest BCUT2D eigenvalue weighted by atomic mass is 10.1. The molecule has 4 aromatic heterocycles. The van der Waals surface area contributed by atoms with Crippen molar-refractivity contribution in [1.29, 1.82) is 0 Å². The fourth-order valence-electron chi connectivity index (χ4n) is 4.47. The van der Waals surface area contributed by atoms with Crippen molar-refractivity contribution in [1.82, 2.24) is 34.7 Å². The average molecular weight is 507 g/mol. The lowest BCUT2D eigenvalue weighted by molar-refractivity contribution is 0.417. The molecule has 0 unspecified atom stereocenters. The van der Waals surface area contributed by atoms with Gasteiger partial charge in [0.05, 0.1) is 41.3 Å². The first-order valence-electron chi connectivity index (χ1n) is 12.0. The fraction of sp³-hybridized carbons (Fsp3) is 0.148. The van der Waals surface area contributed by atoms with Crippen LogP contribution in [0.1, 0.15) is 0 Å². The normalized spacial score (nSPS) is 11.2. The molecule has 11 nitrogen and oxygen atoms in total. The Morgan fingerprint density at radius 2 is 1.82 bits per heavy atom. The number of methoxy groups -OCH3 is 1. The molecule has 6 aromatic rings. The summed E-state index contributed by atoms with van der Waals surface area (Å²) in [6.07, 6.45) is 9.02. The minimum absolute atomic E-state index is 0.413. The highest BCUT2D eigenvalue weighted by molar-refractivity contribution is 5.99. The van der Waals surface area contributed by atoms with Crippen LogP contribution in [0.3, 0.4) is 0 Å². The minimum atomic E-state index is 0.413. The van der Waals surface area contributed by atoms with Gasteiger partial charge in [-0.2, -0.15) is 15.1 Å². The molecule has 0 fully saturated rings. The van der Waals surface area contributed by atoms with Crippen LogP contribution in [0.2, 0.25) is 0 Å². The van der Waals surface area contributed by atoms with Crippen LogP contribution in [-0.4, -0.2) is 55.9 Å². The number of nitrogens with one attached hydrogen (secondary N) is 3. The Balaban J connectivity index is 1.41. The Morgan fingerprint density at radius 3 is 2.61 bits per heavy atom. The van der Waals surface area contributed by atoms with Crippen molar-refractivity contribution >= 4 is 50.9 Å². The van der Waals surface area contributed by atoms with Crippen LogP contribution in [0.15, 0.2) is 67.4 Å². The van der Waals surface area contributed by atoms with E-state index in [-0.39, 0.29) is 0 Å².